The van der Waals surface area contributed by atoms with Crippen LogP contribution in [0.1, 0.15) is 68.8 Å². The number of nitrogens with zero attached hydrogens (tertiary/aromatic N) is 3. The van der Waals surface area contributed by atoms with E-state index in [1.807, 2.05) is 39.8 Å². The molecule has 0 unspecified atom stereocenters. The summed E-state index contributed by atoms with van der Waals surface area (Å²) >= 11 is 5.71. The van der Waals surface area contributed by atoms with Gasteiger partial charge in [-0.05, 0) is 62.6 Å². The lowest BCUT2D eigenvalue weighted by molar-refractivity contribution is 0.00684. The number of methoxy groups -OCH3 is 1. The Kier molecular flexibility index (Phi) is 10.1. The summed E-state index contributed by atoms with van der Waals surface area (Å²) in [5.41, 5.74) is 8.65. The molecule has 4 aromatic rings. The number of hydrogen-bond acceptors (Lipinski definition) is 8. The van der Waals surface area contributed by atoms with Gasteiger partial charge in [0, 0.05) is 25.2 Å². The Morgan fingerprint density at radius 2 is 1.76 bits per heavy atom. The number of aromatic nitrogens is 3. The Hall–Kier alpha value is -4.35. The van der Waals surface area contributed by atoms with Crippen molar-refractivity contribution >= 4 is 35.1 Å². The lowest BCUT2D eigenvalue weighted by Gasteiger charge is -2.20. The highest BCUT2D eigenvalue weighted by Gasteiger charge is 2.20. The van der Waals surface area contributed by atoms with Crippen LogP contribution in [0.4, 0.5) is 4.39 Å². The first kappa shape index (κ1) is 31.2. The van der Waals surface area contributed by atoms with Crippen LogP contribution < -0.4 is 11.1 Å². The normalized spacial score (nSPS) is 10.9. The van der Waals surface area contributed by atoms with Gasteiger partial charge in [-0.25, -0.2) is 23.5 Å². The molecule has 0 aliphatic carbocycles. The zero-order valence-electron chi connectivity index (χ0n) is 23.3. The molecule has 2 aromatic carbocycles. The Balaban J connectivity index is 0.000000250. The third-order valence-corrected chi connectivity index (χ3v) is 5.86. The van der Waals surface area contributed by atoms with Crippen molar-refractivity contribution in [3.8, 4) is 0 Å². The Labute approximate surface area is 241 Å². The minimum Gasteiger partial charge on any atom is -0.464 e. The number of rotatable bonds is 6. The van der Waals surface area contributed by atoms with E-state index in [0.29, 0.717) is 23.3 Å². The smallest absolute Gasteiger partial charge is 0.356 e. The molecule has 4 rings (SSSR count). The van der Waals surface area contributed by atoms with Crippen molar-refractivity contribution in [3.05, 3.63) is 99.2 Å². The van der Waals surface area contributed by atoms with Crippen LogP contribution in [0.3, 0.4) is 0 Å². The Bertz CT molecular complexity index is 1580. The number of halogens is 2. The van der Waals surface area contributed by atoms with Gasteiger partial charge in [-0.1, -0.05) is 29.8 Å². The quantitative estimate of drug-likeness (QED) is 0.313. The van der Waals surface area contributed by atoms with Crippen LogP contribution in [0.25, 0.3) is 5.65 Å². The van der Waals surface area contributed by atoms with E-state index in [0.717, 1.165) is 11.1 Å². The van der Waals surface area contributed by atoms with Crippen LogP contribution >= 0.6 is 11.6 Å². The van der Waals surface area contributed by atoms with Gasteiger partial charge in [-0.3, -0.25) is 4.79 Å². The second kappa shape index (κ2) is 13.3. The zero-order chi connectivity index (χ0) is 30.3. The number of nitrogens with one attached hydrogen (secondary N) is 1. The summed E-state index contributed by atoms with van der Waals surface area (Å²) in [7, 11) is 1.23. The van der Waals surface area contributed by atoms with E-state index in [1.165, 1.54) is 42.1 Å². The number of hydrogen-bond donors (Lipinski definition) is 2. The van der Waals surface area contributed by atoms with Crippen molar-refractivity contribution in [3.63, 3.8) is 0 Å². The molecule has 0 atom stereocenters. The third kappa shape index (κ3) is 8.32. The van der Waals surface area contributed by atoms with E-state index in [4.69, 9.17) is 26.8 Å². The third-order valence-electron chi connectivity index (χ3n) is 5.57. The highest BCUT2D eigenvalue weighted by molar-refractivity contribution is 6.30. The zero-order valence-corrected chi connectivity index (χ0v) is 24.1. The fourth-order valence-electron chi connectivity index (χ4n) is 3.62. The molecule has 0 aliphatic heterocycles. The molecule has 0 fully saturated rings. The van der Waals surface area contributed by atoms with Crippen molar-refractivity contribution in [2.24, 2.45) is 5.73 Å². The predicted octanol–water partition coefficient (Wildman–Crippen LogP) is 4.65. The summed E-state index contributed by atoms with van der Waals surface area (Å²) in [6.45, 7) is 8.06. The van der Waals surface area contributed by atoms with Gasteiger partial charge in [-0.2, -0.15) is 5.10 Å². The van der Waals surface area contributed by atoms with Gasteiger partial charge < -0.3 is 20.5 Å². The number of fused-ring (bicyclic) bond motifs is 1. The average Bonchev–Trinajstić information content (AvgIpc) is 3.40. The van der Waals surface area contributed by atoms with Gasteiger partial charge in [0.25, 0.3) is 5.91 Å². The number of ether oxygens (including phenoxy) is 2. The molecule has 0 aliphatic rings. The minimum atomic E-state index is -0.643. The molecule has 0 radical (unpaired) electrons. The number of carbonyl (C=O) groups is 3. The number of carbonyl (C=O) groups excluding carboxylic acids is 3. The summed E-state index contributed by atoms with van der Waals surface area (Å²) in [5.74, 6) is -1.97. The minimum absolute atomic E-state index is 0.0291. The SMILES string of the molecule is COC(=O)c1cc(C(=O)NCc2ccc(F)c(Cl)c2)nc2ccnn12.Cc1cc(CN)ccc1C(=O)OC(C)(C)C. The second-order valence-electron chi connectivity index (χ2n) is 9.91. The first-order valence-corrected chi connectivity index (χ1v) is 12.9. The largest absolute Gasteiger partial charge is 0.464 e. The van der Waals surface area contributed by atoms with Crippen molar-refractivity contribution in [1.82, 2.24) is 19.9 Å². The molecule has 2 heterocycles. The Morgan fingerprint density at radius 3 is 2.37 bits per heavy atom. The molecule has 3 N–H and O–H groups in total. The molecule has 41 heavy (non-hydrogen) atoms. The summed E-state index contributed by atoms with van der Waals surface area (Å²) < 4.78 is 24.4. The number of esters is 2. The molecule has 216 valence electrons. The molecule has 0 spiro atoms. The van der Waals surface area contributed by atoms with Crippen LogP contribution in [0.2, 0.25) is 5.02 Å². The lowest BCUT2D eigenvalue weighted by atomic mass is 10.0. The van der Waals surface area contributed by atoms with Gasteiger partial charge in [0.1, 0.15) is 17.1 Å². The van der Waals surface area contributed by atoms with E-state index in [9.17, 15) is 18.8 Å². The second-order valence-corrected chi connectivity index (χ2v) is 10.3. The number of nitrogens with two attached hydrogens (primary N) is 1. The highest BCUT2D eigenvalue weighted by atomic mass is 35.5. The summed E-state index contributed by atoms with van der Waals surface area (Å²) in [4.78, 5) is 40.2. The Morgan fingerprint density at radius 1 is 1.05 bits per heavy atom. The van der Waals surface area contributed by atoms with Crippen molar-refractivity contribution in [1.29, 1.82) is 0 Å². The van der Waals surface area contributed by atoms with Crippen molar-refractivity contribution in [2.45, 2.75) is 46.4 Å². The molecule has 0 saturated carbocycles. The van der Waals surface area contributed by atoms with E-state index in [-0.39, 0.29) is 28.9 Å². The number of aryl methyl sites for hydroxylation is 1. The summed E-state index contributed by atoms with van der Waals surface area (Å²) in [5, 5.41) is 6.58. The van der Waals surface area contributed by atoms with Gasteiger partial charge in [0.2, 0.25) is 0 Å². The van der Waals surface area contributed by atoms with Crippen LogP contribution in [-0.4, -0.2) is 45.2 Å². The van der Waals surface area contributed by atoms with Crippen LogP contribution in [0, 0.1) is 12.7 Å². The maximum Gasteiger partial charge on any atom is 0.356 e. The highest BCUT2D eigenvalue weighted by Crippen LogP contribution is 2.17. The van der Waals surface area contributed by atoms with Crippen molar-refractivity contribution < 1.29 is 28.2 Å². The van der Waals surface area contributed by atoms with E-state index < -0.39 is 23.3 Å². The van der Waals surface area contributed by atoms with E-state index in [2.05, 4.69) is 15.4 Å². The fraction of sp³-hybridized carbons (Fsp3) is 0.276. The van der Waals surface area contributed by atoms with Gasteiger partial charge >= 0.3 is 11.9 Å². The molecule has 1 amide bonds. The number of benzene rings is 2. The van der Waals surface area contributed by atoms with Crippen LogP contribution in [-0.2, 0) is 22.6 Å². The maximum atomic E-state index is 13.2. The molecule has 0 bridgehead atoms. The maximum absolute atomic E-state index is 13.2. The fourth-order valence-corrected chi connectivity index (χ4v) is 3.82. The molecular weight excluding hydrogens is 553 g/mol. The van der Waals surface area contributed by atoms with Crippen LogP contribution in [0.15, 0.2) is 54.7 Å². The topological polar surface area (TPSA) is 138 Å². The van der Waals surface area contributed by atoms with Gasteiger partial charge in [0.05, 0.1) is 23.9 Å². The van der Waals surface area contributed by atoms with Gasteiger partial charge in [-0.15, -0.1) is 0 Å². The first-order valence-electron chi connectivity index (χ1n) is 12.5. The molecular formula is C29H31ClFN5O5. The molecule has 2 aromatic heterocycles. The average molecular weight is 584 g/mol. The summed E-state index contributed by atoms with van der Waals surface area (Å²) in [6.07, 6.45) is 1.46. The molecule has 10 nitrogen and oxygen atoms in total. The lowest BCUT2D eigenvalue weighted by Crippen LogP contribution is -2.25. The molecule has 0 saturated heterocycles. The van der Waals surface area contributed by atoms with E-state index >= 15 is 0 Å². The predicted molar refractivity (Wildman–Crippen MR) is 151 cm³/mol. The standard InChI is InChI=1S/C16H12ClFN4O3.C13H19NO2/c1-25-16(24)13-7-12(21-14-4-5-20-22(13)14)15(23)19-8-9-2-3-11(18)10(17)6-9;1-9-7-10(8-14)5-6-11(9)12(15)16-13(2,3)4/h2-7H,8H2,1H3,(H,19,23);5-7H,8,14H2,1-4H3. The first-order chi connectivity index (χ1) is 19.3. The monoisotopic (exact) mass is 583 g/mol. The van der Waals surface area contributed by atoms with Crippen LogP contribution in [0.5, 0.6) is 0 Å². The van der Waals surface area contributed by atoms with Crippen molar-refractivity contribution in [2.75, 3.05) is 7.11 Å². The van der Waals surface area contributed by atoms with Gasteiger partial charge in [0.15, 0.2) is 11.3 Å². The van der Waals surface area contributed by atoms with E-state index in [1.54, 1.807) is 12.1 Å². The molecule has 12 heteroatoms. The summed E-state index contributed by atoms with van der Waals surface area (Å²) in [6, 6.07) is 12.5. The number of amides is 1.